The zero-order valence-electron chi connectivity index (χ0n) is 13.7. The molecule has 1 aliphatic rings. The topological polar surface area (TPSA) is 84.7 Å². The van der Waals surface area contributed by atoms with E-state index in [0.29, 0.717) is 12.0 Å². The summed E-state index contributed by atoms with van der Waals surface area (Å²) in [6.07, 6.45) is 1.77. The summed E-state index contributed by atoms with van der Waals surface area (Å²) in [6.45, 7) is 4.04. The lowest BCUT2D eigenvalue weighted by atomic mass is 10.1. The average molecular weight is 349 g/mol. The number of carboxylic acids is 1. The molecule has 24 heavy (non-hydrogen) atoms. The van der Waals surface area contributed by atoms with Crippen molar-refractivity contribution in [3.8, 4) is 5.13 Å². The zero-order chi connectivity index (χ0) is 17.4. The normalized spacial score (nSPS) is 20.5. The van der Waals surface area contributed by atoms with Gasteiger partial charge in [-0.2, -0.15) is 0 Å². The Balaban J connectivity index is 1.96. The Bertz CT molecular complexity index is 769. The van der Waals surface area contributed by atoms with Gasteiger partial charge in [-0.1, -0.05) is 0 Å². The molecule has 0 aromatic carbocycles. The van der Waals surface area contributed by atoms with Crippen LogP contribution in [0.3, 0.4) is 0 Å². The molecule has 2 aromatic heterocycles. The van der Waals surface area contributed by atoms with Crippen LogP contribution in [0.5, 0.6) is 0 Å². The number of rotatable bonds is 4. The minimum Gasteiger partial charge on any atom is -0.480 e. The SMILES string of the molecule is COC1CC(C(=O)O)N(C(=O)c2cc(C)n(-c3nccs3)c2C)C1. The molecule has 1 saturated heterocycles. The van der Waals surface area contributed by atoms with Crippen LogP contribution in [0.25, 0.3) is 5.13 Å². The number of hydrogen-bond donors (Lipinski definition) is 1. The number of carboxylic acid groups (broad SMARTS) is 1. The first kappa shape index (κ1) is 16.7. The van der Waals surface area contributed by atoms with Crippen LogP contribution in [0.15, 0.2) is 17.6 Å². The number of amides is 1. The van der Waals surface area contributed by atoms with Crippen LogP contribution in [0.4, 0.5) is 0 Å². The molecule has 0 aliphatic carbocycles. The molecule has 1 amide bonds. The number of thiazole rings is 1. The fourth-order valence-corrected chi connectivity index (χ4v) is 3.93. The van der Waals surface area contributed by atoms with Crippen LogP contribution >= 0.6 is 11.3 Å². The highest BCUT2D eigenvalue weighted by atomic mass is 32.1. The Morgan fingerprint density at radius 2 is 2.17 bits per heavy atom. The van der Waals surface area contributed by atoms with Gasteiger partial charge in [0.25, 0.3) is 5.91 Å². The van der Waals surface area contributed by atoms with Gasteiger partial charge in [0.05, 0.1) is 11.7 Å². The first-order valence-corrected chi connectivity index (χ1v) is 8.47. The van der Waals surface area contributed by atoms with Gasteiger partial charge in [-0.15, -0.1) is 11.3 Å². The summed E-state index contributed by atoms with van der Waals surface area (Å²) in [5.41, 5.74) is 2.16. The molecule has 8 heteroatoms. The number of aromatic nitrogens is 2. The lowest BCUT2D eigenvalue weighted by Crippen LogP contribution is -2.40. The molecule has 3 rings (SSSR count). The molecule has 2 aromatic rings. The van der Waals surface area contributed by atoms with Crippen LogP contribution in [0.1, 0.15) is 28.2 Å². The molecule has 2 atom stereocenters. The summed E-state index contributed by atoms with van der Waals surface area (Å²) in [7, 11) is 1.53. The third kappa shape index (κ3) is 2.71. The van der Waals surface area contributed by atoms with Crippen molar-refractivity contribution >= 4 is 23.2 Å². The highest BCUT2D eigenvalue weighted by molar-refractivity contribution is 7.12. The van der Waals surface area contributed by atoms with Crippen molar-refractivity contribution in [1.29, 1.82) is 0 Å². The van der Waals surface area contributed by atoms with Crippen LogP contribution < -0.4 is 0 Å². The van der Waals surface area contributed by atoms with Gasteiger partial charge in [0.15, 0.2) is 5.13 Å². The van der Waals surface area contributed by atoms with E-state index in [0.717, 1.165) is 16.5 Å². The number of aryl methyl sites for hydroxylation is 1. The predicted octanol–water partition coefficient (Wildman–Crippen LogP) is 1.86. The van der Waals surface area contributed by atoms with E-state index in [1.807, 2.05) is 23.8 Å². The largest absolute Gasteiger partial charge is 0.480 e. The first-order chi connectivity index (χ1) is 11.4. The average Bonchev–Trinajstić information content (AvgIpc) is 3.25. The lowest BCUT2D eigenvalue weighted by Gasteiger charge is -2.21. The van der Waals surface area contributed by atoms with Gasteiger partial charge in [-0.05, 0) is 19.9 Å². The van der Waals surface area contributed by atoms with Crippen molar-refractivity contribution in [2.24, 2.45) is 0 Å². The van der Waals surface area contributed by atoms with Crippen molar-refractivity contribution < 1.29 is 19.4 Å². The van der Waals surface area contributed by atoms with E-state index in [1.54, 1.807) is 12.3 Å². The van der Waals surface area contributed by atoms with Crippen LogP contribution in [0, 0.1) is 13.8 Å². The quantitative estimate of drug-likeness (QED) is 0.911. The molecular formula is C16H19N3O4S. The second-order valence-corrected chi connectivity index (χ2v) is 6.71. The van der Waals surface area contributed by atoms with Crippen molar-refractivity contribution in [1.82, 2.24) is 14.5 Å². The molecule has 0 radical (unpaired) electrons. The second kappa shape index (κ2) is 6.37. The van der Waals surface area contributed by atoms with E-state index in [4.69, 9.17) is 4.74 Å². The fourth-order valence-electron chi connectivity index (χ4n) is 3.18. The number of aliphatic carboxylic acids is 1. The number of likely N-dealkylation sites (tertiary alicyclic amines) is 1. The monoisotopic (exact) mass is 349 g/mol. The first-order valence-electron chi connectivity index (χ1n) is 7.59. The van der Waals surface area contributed by atoms with Gasteiger partial charge in [-0.3, -0.25) is 9.36 Å². The Hall–Kier alpha value is -2.19. The highest BCUT2D eigenvalue weighted by Gasteiger charge is 2.40. The van der Waals surface area contributed by atoms with Gasteiger partial charge in [0.2, 0.25) is 0 Å². The van der Waals surface area contributed by atoms with Gasteiger partial charge >= 0.3 is 5.97 Å². The number of nitrogens with zero attached hydrogens (tertiary/aromatic N) is 3. The van der Waals surface area contributed by atoms with Crippen molar-refractivity contribution in [3.05, 3.63) is 34.6 Å². The van der Waals surface area contributed by atoms with Crippen molar-refractivity contribution in [2.45, 2.75) is 32.4 Å². The van der Waals surface area contributed by atoms with E-state index in [2.05, 4.69) is 4.98 Å². The summed E-state index contributed by atoms with van der Waals surface area (Å²) in [5.74, 6) is -1.28. The van der Waals surface area contributed by atoms with Crippen molar-refractivity contribution in [3.63, 3.8) is 0 Å². The number of hydrogen-bond acceptors (Lipinski definition) is 5. The molecule has 1 N–H and O–H groups in total. The van der Waals surface area contributed by atoms with E-state index in [1.165, 1.54) is 23.3 Å². The van der Waals surface area contributed by atoms with Crippen LogP contribution in [-0.2, 0) is 9.53 Å². The number of methoxy groups -OCH3 is 1. The van der Waals surface area contributed by atoms with E-state index in [-0.39, 0.29) is 18.6 Å². The molecule has 0 spiro atoms. The Labute approximate surface area is 143 Å². The van der Waals surface area contributed by atoms with Gasteiger partial charge < -0.3 is 14.7 Å². The van der Waals surface area contributed by atoms with Gasteiger partial charge in [-0.25, -0.2) is 9.78 Å². The summed E-state index contributed by atoms with van der Waals surface area (Å²) >= 11 is 1.48. The van der Waals surface area contributed by atoms with E-state index >= 15 is 0 Å². The molecule has 0 bridgehead atoms. The second-order valence-electron chi connectivity index (χ2n) is 5.84. The van der Waals surface area contributed by atoms with Gasteiger partial charge in [0, 0.05) is 43.0 Å². The third-order valence-corrected chi connectivity index (χ3v) is 5.17. The Kier molecular flexibility index (Phi) is 4.42. The fraction of sp³-hybridized carbons (Fsp3) is 0.438. The smallest absolute Gasteiger partial charge is 0.326 e. The summed E-state index contributed by atoms with van der Waals surface area (Å²) in [6, 6.07) is 0.934. The standard InChI is InChI=1S/C16H19N3O4S/c1-9-6-12(10(2)19(9)16-17-4-5-24-16)14(20)18-8-11(23-3)7-13(18)15(21)22/h4-6,11,13H,7-8H2,1-3H3,(H,21,22). The van der Waals surface area contributed by atoms with Crippen LogP contribution in [0.2, 0.25) is 0 Å². The van der Waals surface area contributed by atoms with Crippen molar-refractivity contribution in [2.75, 3.05) is 13.7 Å². The molecular weight excluding hydrogens is 330 g/mol. The predicted molar refractivity (Wildman–Crippen MR) is 88.8 cm³/mol. The molecule has 1 fully saturated rings. The summed E-state index contributed by atoms with van der Waals surface area (Å²) < 4.78 is 7.17. The number of carbonyl (C=O) groups is 2. The summed E-state index contributed by atoms with van der Waals surface area (Å²) in [4.78, 5) is 30.1. The maximum absolute atomic E-state index is 13.0. The number of carbonyl (C=O) groups excluding carboxylic acids is 1. The number of ether oxygens (including phenoxy) is 1. The Morgan fingerprint density at radius 3 is 2.75 bits per heavy atom. The highest BCUT2D eigenvalue weighted by Crippen LogP contribution is 2.27. The maximum Gasteiger partial charge on any atom is 0.326 e. The van der Waals surface area contributed by atoms with Gasteiger partial charge in [0.1, 0.15) is 6.04 Å². The molecule has 3 heterocycles. The molecule has 7 nitrogen and oxygen atoms in total. The third-order valence-electron chi connectivity index (χ3n) is 4.41. The molecule has 1 aliphatic heterocycles. The molecule has 0 saturated carbocycles. The van der Waals surface area contributed by atoms with E-state index < -0.39 is 12.0 Å². The molecule has 128 valence electrons. The van der Waals surface area contributed by atoms with E-state index in [9.17, 15) is 14.7 Å². The summed E-state index contributed by atoms with van der Waals surface area (Å²) in [5, 5.41) is 12.1. The Morgan fingerprint density at radius 1 is 1.42 bits per heavy atom. The minimum absolute atomic E-state index is 0.252. The lowest BCUT2D eigenvalue weighted by molar-refractivity contribution is -0.141. The minimum atomic E-state index is -1.00. The molecule has 2 unspecified atom stereocenters. The maximum atomic E-state index is 13.0. The van der Waals surface area contributed by atoms with Crippen LogP contribution in [-0.4, -0.2) is 57.2 Å². The zero-order valence-corrected chi connectivity index (χ0v) is 14.5.